The molecule has 9 heteroatoms. The minimum Gasteiger partial charge on any atom is -0.477 e. The van der Waals surface area contributed by atoms with Crippen LogP contribution < -0.4 is 0 Å². The van der Waals surface area contributed by atoms with Gasteiger partial charge in [-0.2, -0.15) is 0 Å². The van der Waals surface area contributed by atoms with E-state index in [9.17, 15) is 19.5 Å². The van der Waals surface area contributed by atoms with E-state index in [0.717, 1.165) is 89.9 Å². The highest BCUT2D eigenvalue weighted by Gasteiger charge is 2.25. The van der Waals surface area contributed by atoms with Crippen LogP contribution in [0.4, 0.5) is 0 Å². The highest BCUT2D eigenvalue weighted by atomic mass is 16.7. The number of esters is 2. The molecular formula is C51H92NO8+. The molecule has 60 heavy (non-hydrogen) atoms. The summed E-state index contributed by atoms with van der Waals surface area (Å²) in [6.45, 7) is 4.82. The van der Waals surface area contributed by atoms with Gasteiger partial charge >= 0.3 is 17.9 Å². The Morgan fingerprint density at radius 1 is 0.500 bits per heavy atom. The molecule has 0 saturated carbocycles. The first-order valence-corrected chi connectivity index (χ1v) is 24.3. The van der Waals surface area contributed by atoms with E-state index in [1.54, 1.807) is 0 Å². The van der Waals surface area contributed by atoms with Crippen molar-refractivity contribution in [2.75, 3.05) is 47.5 Å². The summed E-state index contributed by atoms with van der Waals surface area (Å²) in [7, 11) is 5.95. The van der Waals surface area contributed by atoms with Gasteiger partial charge in [0.05, 0.1) is 34.4 Å². The minimum atomic E-state index is -1.51. The molecule has 0 aliphatic carbocycles. The van der Waals surface area contributed by atoms with Crippen LogP contribution >= 0.6 is 0 Å². The summed E-state index contributed by atoms with van der Waals surface area (Å²) < 4.78 is 22.7. The number of unbranched alkanes of at least 4 members (excludes halogenated alkanes) is 21. The monoisotopic (exact) mass is 847 g/mol. The number of hydrogen-bond acceptors (Lipinski definition) is 7. The molecule has 0 aromatic heterocycles. The van der Waals surface area contributed by atoms with Crippen LogP contribution in [-0.2, 0) is 33.3 Å². The maximum Gasteiger partial charge on any atom is 0.361 e. The van der Waals surface area contributed by atoms with Gasteiger partial charge in [-0.05, 0) is 77.0 Å². The van der Waals surface area contributed by atoms with Crippen molar-refractivity contribution in [3.05, 3.63) is 48.6 Å². The van der Waals surface area contributed by atoms with Crippen molar-refractivity contribution in [3.63, 3.8) is 0 Å². The Bertz CT molecular complexity index is 1120. The van der Waals surface area contributed by atoms with Gasteiger partial charge in [0, 0.05) is 12.8 Å². The van der Waals surface area contributed by atoms with Crippen LogP contribution in [0.25, 0.3) is 0 Å². The highest BCUT2D eigenvalue weighted by molar-refractivity contribution is 5.71. The molecule has 0 amide bonds. The van der Waals surface area contributed by atoms with Gasteiger partial charge in [0.1, 0.15) is 13.2 Å². The predicted octanol–water partition coefficient (Wildman–Crippen LogP) is 13.2. The smallest absolute Gasteiger partial charge is 0.361 e. The van der Waals surface area contributed by atoms with Crippen molar-refractivity contribution in [2.45, 2.75) is 212 Å². The third kappa shape index (κ3) is 43.3. The van der Waals surface area contributed by atoms with Gasteiger partial charge < -0.3 is 28.5 Å². The van der Waals surface area contributed by atoms with Crippen LogP contribution in [0.3, 0.4) is 0 Å². The topological polar surface area (TPSA) is 108 Å². The Labute approximate surface area is 368 Å². The van der Waals surface area contributed by atoms with Crippen LogP contribution in [0, 0.1) is 0 Å². The van der Waals surface area contributed by atoms with Crippen LogP contribution in [0.15, 0.2) is 48.6 Å². The number of carboxylic acid groups (broad SMARTS) is 1. The van der Waals surface area contributed by atoms with Gasteiger partial charge in [-0.1, -0.05) is 159 Å². The summed E-state index contributed by atoms with van der Waals surface area (Å²) in [6, 6.07) is 0. The Morgan fingerprint density at radius 2 is 0.900 bits per heavy atom. The van der Waals surface area contributed by atoms with E-state index in [2.05, 4.69) is 62.5 Å². The average molecular weight is 847 g/mol. The molecule has 0 bridgehead atoms. The van der Waals surface area contributed by atoms with E-state index in [1.165, 1.54) is 77.0 Å². The van der Waals surface area contributed by atoms with Gasteiger partial charge in [0.25, 0.3) is 6.29 Å². The first-order chi connectivity index (χ1) is 29.1. The second-order valence-corrected chi connectivity index (χ2v) is 17.4. The van der Waals surface area contributed by atoms with Crippen LogP contribution in [0.2, 0.25) is 0 Å². The first kappa shape index (κ1) is 57.2. The summed E-state index contributed by atoms with van der Waals surface area (Å²) >= 11 is 0. The Hall–Kier alpha value is -2.75. The average Bonchev–Trinajstić information content (AvgIpc) is 3.21. The fourth-order valence-corrected chi connectivity index (χ4v) is 6.48. The number of hydrogen-bond donors (Lipinski definition) is 1. The summed E-state index contributed by atoms with van der Waals surface area (Å²) in [4.78, 5) is 37.2. The quantitative estimate of drug-likeness (QED) is 0.0212. The third-order valence-electron chi connectivity index (χ3n) is 10.3. The minimum absolute atomic E-state index is 0.182. The molecule has 2 atom stereocenters. The molecule has 348 valence electrons. The summed E-state index contributed by atoms with van der Waals surface area (Å²) in [6.07, 6.45) is 47.4. The van der Waals surface area contributed by atoms with Gasteiger partial charge in [-0.15, -0.1) is 0 Å². The van der Waals surface area contributed by atoms with E-state index in [-0.39, 0.29) is 38.6 Å². The largest absolute Gasteiger partial charge is 0.477 e. The fraction of sp³-hybridized carbons (Fsp3) is 0.784. The fourth-order valence-electron chi connectivity index (χ4n) is 6.48. The van der Waals surface area contributed by atoms with Crippen molar-refractivity contribution in [2.24, 2.45) is 0 Å². The Morgan fingerprint density at radius 3 is 1.35 bits per heavy atom. The van der Waals surface area contributed by atoms with E-state index in [4.69, 9.17) is 18.9 Å². The van der Waals surface area contributed by atoms with Gasteiger partial charge in [-0.3, -0.25) is 9.59 Å². The Balaban J connectivity index is 4.42. The number of carbonyl (C=O) groups is 3. The van der Waals surface area contributed by atoms with E-state index >= 15 is 0 Å². The van der Waals surface area contributed by atoms with E-state index in [1.807, 2.05) is 21.1 Å². The number of carboxylic acids is 1. The van der Waals surface area contributed by atoms with Gasteiger partial charge in [0.15, 0.2) is 6.10 Å². The molecule has 0 aromatic carbocycles. The second-order valence-electron chi connectivity index (χ2n) is 17.4. The number of ether oxygens (including phenoxy) is 4. The molecule has 2 unspecified atom stereocenters. The molecule has 0 aliphatic heterocycles. The lowest BCUT2D eigenvalue weighted by Gasteiger charge is -2.25. The zero-order chi connectivity index (χ0) is 44.2. The number of aliphatic carboxylic acids is 1. The maximum atomic E-state index is 12.8. The normalized spacial score (nSPS) is 13.3. The number of rotatable bonds is 44. The number of nitrogens with zero attached hydrogens (tertiary/aromatic N) is 1. The van der Waals surface area contributed by atoms with Crippen molar-refractivity contribution in [1.82, 2.24) is 0 Å². The molecule has 1 N–H and O–H groups in total. The van der Waals surface area contributed by atoms with Gasteiger partial charge in [-0.25, -0.2) is 4.79 Å². The zero-order valence-electron chi connectivity index (χ0n) is 39.4. The predicted molar refractivity (Wildman–Crippen MR) is 249 cm³/mol. The second kappa shape index (κ2) is 42.9. The molecule has 9 nitrogen and oxygen atoms in total. The SMILES string of the molecule is CCCCCCC/C=C\C/C=C\C/C=C\CCCCCCCCC(=O)OC(COC(=O)CCCCCCC/C=C\CCCCCCC)COC(OCC[N+](C)(C)C)C(=O)O. The van der Waals surface area contributed by atoms with Crippen LogP contribution in [0.1, 0.15) is 200 Å². The molecule has 0 spiro atoms. The number of allylic oxidation sites excluding steroid dienone is 8. The highest BCUT2D eigenvalue weighted by Crippen LogP contribution is 2.13. The van der Waals surface area contributed by atoms with Crippen LogP contribution in [-0.4, -0.2) is 87.4 Å². The molecule has 0 saturated heterocycles. The zero-order valence-corrected chi connectivity index (χ0v) is 39.4. The summed E-state index contributed by atoms with van der Waals surface area (Å²) in [5.74, 6) is -2.04. The van der Waals surface area contributed by atoms with E-state index < -0.39 is 24.3 Å². The first-order valence-electron chi connectivity index (χ1n) is 24.3. The molecule has 0 heterocycles. The maximum absolute atomic E-state index is 12.8. The molecule has 0 fully saturated rings. The standard InChI is InChI=1S/C51H91NO8/c1-6-8-10-12-14-16-18-20-22-23-24-25-26-27-28-30-32-34-36-38-40-42-49(54)60-47(46-59-51(50(55)56)57-44-43-52(3,4)5)45-58-48(53)41-39-37-35-33-31-29-21-19-17-15-13-11-9-7-2/h18-21,23-24,26-27,47,51H,6-17,22,25,28-46H2,1-5H3/p+1/b20-18-,21-19-,24-23-,27-26-. The van der Waals surface area contributed by atoms with Gasteiger partial charge in [0.2, 0.25) is 0 Å². The van der Waals surface area contributed by atoms with Crippen LogP contribution in [0.5, 0.6) is 0 Å². The van der Waals surface area contributed by atoms with Crippen molar-refractivity contribution in [1.29, 1.82) is 0 Å². The summed E-state index contributed by atoms with van der Waals surface area (Å²) in [5.41, 5.74) is 0. The Kier molecular flexibility index (Phi) is 41.0. The third-order valence-corrected chi connectivity index (χ3v) is 10.3. The van der Waals surface area contributed by atoms with E-state index in [0.29, 0.717) is 17.4 Å². The lowest BCUT2D eigenvalue weighted by atomic mass is 10.1. The van der Waals surface area contributed by atoms with Crippen molar-refractivity contribution < 1.29 is 42.9 Å². The number of quaternary nitrogens is 1. The molecule has 0 radical (unpaired) electrons. The molecule has 0 rings (SSSR count). The molecule has 0 aliphatic rings. The lowest BCUT2D eigenvalue weighted by Crippen LogP contribution is -2.40. The van der Waals surface area contributed by atoms with Crippen molar-refractivity contribution in [3.8, 4) is 0 Å². The molecule has 0 aromatic rings. The summed E-state index contributed by atoms with van der Waals surface area (Å²) in [5, 5.41) is 9.65. The number of likely N-dealkylation sites (N-methyl/N-ethyl adjacent to an activating group) is 1. The lowest BCUT2D eigenvalue weighted by molar-refractivity contribution is -0.870. The van der Waals surface area contributed by atoms with Crippen molar-refractivity contribution >= 4 is 17.9 Å². The molecular weight excluding hydrogens is 755 g/mol. The number of carbonyl (C=O) groups excluding carboxylic acids is 2.